The maximum atomic E-state index is 11.9. The monoisotopic (exact) mass is 362 g/mol. The Hall–Kier alpha value is -2.57. The number of ether oxygens (including phenoxy) is 1. The molecule has 0 aliphatic carbocycles. The van der Waals surface area contributed by atoms with Crippen molar-refractivity contribution in [3.05, 3.63) is 59.1 Å². The second kappa shape index (κ2) is 8.33. The van der Waals surface area contributed by atoms with E-state index < -0.39 is 5.91 Å². The Morgan fingerprint density at radius 1 is 1.25 bits per heavy atom. The summed E-state index contributed by atoms with van der Waals surface area (Å²) in [5.41, 5.74) is 1.16. The number of thiocarbonyl (C=S) groups is 1. The summed E-state index contributed by atoms with van der Waals surface area (Å²) in [5.74, 6) is 0.318. The zero-order chi connectivity index (χ0) is 17.5. The van der Waals surface area contributed by atoms with Crippen molar-refractivity contribution in [3.63, 3.8) is 0 Å². The van der Waals surface area contributed by atoms with E-state index in [1.807, 2.05) is 12.1 Å². The normalized spacial score (nSPS) is 10.4. The molecule has 2 aromatic rings. The summed E-state index contributed by atoms with van der Waals surface area (Å²) in [6.45, 7) is 0. The standard InChI is InChI=1S/C17H15ClN2O3S/c1-23-13-6-2-11(3-7-13)4-9-16(22)20-17(24)19-14-10-12(18)5-8-15(14)21/h2-10,21H,1H3,(H2,19,20,22,24). The molecule has 0 bridgehead atoms. The number of hydrogen-bond acceptors (Lipinski definition) is 4. The molecule has 5 nitrogen and oxygen atoms in total. The molecule has 1 amide bonds. The van der Waals surface area contributed by atoms with Gasteiger partial charge in [0.2, 0.25) is 5.91 Å². The molecule has 2 rings (SSSR count). The first-order chi connectivity index (χ1) is 11.5. The van der Waals surface area contributed by atoms with Crippen molar-refractivity contribution >= 4 is 46.6 Å². The zero-order valence-electron chi connectivity index (χ0n) is 12.7. The minimum atomic E-state index is -0.398. The minimum Gasteiger partial charge on any atom is -0.506 e. The maximum absolute atomic E-state index is 11.9. The molecule has 0 saturated heterocycles. The van der Waals surface area contributed by atoms with E-state index in [1.54, 1.807) is 31.4 Å². The van der Waals surface area contributed by atoms with Crippen molar-refractivity contribution in [2.24, 2.45) is 0 Å². The number of halogens is 1. The van der Waals surface area contributed by atoms with Crippen LogP contribution < -0.4 is 15.4 Å². The molecular weight excluding hydrogens is 348 g/mol. The van der Waals surface area contributed by atoms with Crippen molar-refractivity contribution in [1.29, 1.82) is 0 Å². The van der Waals surface area contributed by atoms with E-state index in [9.17, 15) is 9.90 Å². The van der Waals surface area contributed by atoms with Gasteiger partial charge in [0.25, 0.3) is 0 Å². The number of phenols is 1. The largest absolute Gasteiger partial charge is 0.506 e. The number of phenolic OH excluding ortho intramolecular Hbond substituents is 1. The topological polar surface area (TPSA) is 70.6 Å². The number of nitrogens with one attached hydrogen (secondary N) is 2. The van der Waals surface area contributed by atoms with Gasteiger partial charge in [0.15, 0.2) is 5.11 Å². The second-order valence-corrected chi connectivity index (χ2v) is 5.56. The van der Waals surface area contributed by atoms with Gasteiger partial charge in [-0.25, -0.2) is 0 Å². The summed E-state index contributed by atoms with van der Waals surface area (Å²) in [6, 6.07) is 11.7. The molecule has 0 atom stereocenters. The fourth-order valence-corrected chi connectivity index (χ4v) is 2.19. The van der Waals surface area contributed by atoms with Crippen LogP contribution in [0, 0.1) is 0 Å². The third kappa shape index (κ3) is 5.26. The van der Waals surface area contributed by atoms with Crippen LogP contribution in [0.25, 0.3) is 6.08 Å². The second-order valence-electron chi connectivity index (χ2n) is 4.71. The molecular formula is C17H15ClN2O3S. The quantitative estimate of drug-likeness (QED) is 0.440. The van der Waals surface area contributed by atoms with Gasteiger partial charge in [0.1, 0.15) is 11.5 Å². The van der Waals surface area contributed by atoms with Crippen LogP contribution in [-0.4, -0.2) is 23.2 Å². The van der Waals surface area contributed by atoms with Gasteiger partial charge in [0.05, 0.1) is 12.8 Å². The third-order valence-corrected chi connectivity index (χ3v) is 3.43. The Balaban J connectivity index is 1.92. The molecule has 3 N–H and O–H groups in total. The lowest BCUT2D eigenvalue weighted by molar-refractivity contribution is -0.115. The van der Waals surface area contributed by atoms with E-state index >= 15 is 0 Å². The van der Waals surface area contributed by atoms with Gasteiger partial charge in [-0.3, -0.25) is 10.1 Å². The summed E-state index contributed by atoms with van der Waals surface area (Å²) >= 11 is 10.9. The molecule has 24 heavy (non-hydrogen) atoms. The smallest absolute Gasteiger partial charge is 0.250 e. The van der Waals surface area contributed by atoms with E-state index in [4.69, 9.17) is 28.6 Å². The molecule has 124 valence electrons. The SMILES string of the molecule is COc1ccc(C=CC(=O)NC(=S)Nc2cc(Cl)ccc2O)cc1. The molecule has 7 heteroatoms. The predicted molar refractivity (Wildman–Crippen MR) is 99.5 cm³/mol. The lowest BCUT2D eigenvalue weighted by Crippen LogP contribution is -2.32. The Morgan fingerprint density at radius 3 is 2.62 bits per heavy atom. The summed E-state index contributed by atoms with van der Waals surface area (Å²) in [5, 5.41) is 15.4. The number of anilines is 1. The Kier molecular flexibility index (Phi) is 6.17. The van der Waals surface area contributed by atoms with Gasteiger partial charge in [-0.15, -0.1) is 0 Å². The summed E-state index contributed by atoms with van der Waals surface area (Å²) in [6.07, 6.45) is 3.00. The minimum absolute atomic E-state index is 0.0234. The third-order valence-electron chi connectivity index (χ3n) is 2.99. The molecule has 0 aliphatic rings. The van der Waals surface area contributed by atoms with Crippen LogP contribution in [0.3, 0.4) is 0 Å². The van der Waals surface area contributed by atoms with E-state index in [1.165, 1.54) is 18.2 Å². The maximum Gasteiger partial charge on any atom is 0.250 e. The number of rotatable bonds is 4. The molecule has 0 fully saturated rings. The predicted octanol–water partition coefficient (Wildman–Crippen LogP) is 3.58. The van der Waals surface area contributed by atoms with E-state index in [2.05, 4.69) is 10.6 Å². The molecule has 0 unspecified atom stereocenters. The first-order valence-corrected chi connectivity index (χ1v) is 7.69. The molecule has 0 heterocycles. The van der Waals surface area contributed by atoms with Gasteiger partial charge in [0, 0.05) is 11.1 Å². The fraction of sp³-hybridized carbons (Fsp3) is 0.0588. The van der Waals surface area contributed by atoms with Crippen LogP contribution in [0.1, 0.15) is 5.56 Å². The number of benzene rings is 2. The van der Waals surface area contributed by atoms with Crippen molar-refractivity contribution in [2.45, 2.75) is 0 Å². The van der Waals surface area contributed by atoms with Crippen LogP contribution in [0.15, 0.2) is 48.5 Å². The van der Waals surface area contributed by atoms with E-state index in [-0.39, 0.29) is 10.9 Å². The van der Waals surface area contributed by atoms with Crippen molar-refractivity contribution in [2.75, 3.05) is 12.4 Å². The summed E-state index contributed by atoms with van der Waals surface area (Å²) in [4.78, 5) is 11.9. The van der Waals surface area contributed by atoms with Crippen molar-refractivity contribution in [3.8, 4) is 11.5 Å². The highest BCUT2D eigenvalue weighted by atomic mass is 35.5. The number of amides is 1. The highest BCUT2D eigenvalue weighted by Crippen LogP contribution is 2.26. The number of aromatic hydroxyl groups is 1. The van der Waals surface area contributed by atoms with Gasteiger partial charge < -0.3 is 15.2 Å². The Labute approximate surface area is 149 Å². The highest BCUT2D eigenvalue weighted by molar-refractivity contribution is 7.80. The average molecular weight is 363 g/mol. The van der Waals surface area contributed by atoms with Crippen LogP contribution in [0.2, 0.25) is 5.02 Å². The van der Waals surface area contributed by atoms with Gasteiger partial charge >= 0.3 is 0 Å². The Bertz CT molecular complexity index is 776. The molecule has 0 radical (unpaired) electrons. The van der Waals surface area contributed by atoms with Crippen LogP contribution in [-0.2, 0) is 4.79 Å². The highest BCUT2D eigenvalue weighted by Gasteiger charge is 2.06. The number of carbonyl (C=O) groups is 1. The number of carbonyl (C=O) groups excluding carboxylic acids is 1. The molecule has 0 aliphatic heterocycles. The van der Waals surface area contributed by atoms with Gasteiger partial charge in [-0.1, -0.05) is 23.7 Å². The van der Waals surface area contributed by atoms with Crippen LogP contribution in [0.4, 0.5) is 5.69 Å². The molecule has 0 saturated carbocycles. The lowest BCUT2D eigenvalue weighted by atomic mass is 10.2. The average Bonchev–Trinajstić information content (AvgIpc) is 2.56. The fourth-order valence-electron chi connectivity index (χ4n) is 1.80. The van der Waals surface area contributed by atoms with E-state index in [0.717, 1.165) is 11.3 Å². The van der Waals surface area contributed by atoms with E-state index in [0.29, 0.717) is 10.7 Å². The van der Waals surface area contributed by atoms with Crippen LogP contribution in [0.5, 0.6) is 11.5 Å². The first kappa shape index (κ1) is 17.8. The van der Waals surface area contributed by atoms with Gasteiger partial charge in [-0.2, -0.15) is 0 Å². The molecule has 0 spiro atoms. The summed E-state index contributed by atoms with van der Waals surface area (Å²) < 4.78 is 5.06. The molecule has 0 aromatic heterocycles. The molecule has 2 aromatic carbocycles. The van der Waals surface area contributed by atoms with Crippen molar-refractivity contribution < 1.29 is 14.6 Å². The number of hydrogen-bond donors (Lipinski definition) is 3. The van der Waals surface area contributed by atoms with Gasteiger partial charge in [-0.05, 0) is 54.2 Å². The van der Waals surface area contributed by atoms with Crippen molar-refractivity contribution in [1.82, 2.24) is 5.32 Å². The zero-order valence-corrected chi connectivity index (χ0v) is 14.3. The Morgan fingerprint density at radius 2 is 1.96 bits per heavy atom. The lowest BCUT2D eigenvalue weighted by Gasteiger charge is -2.10. The number of methoxy groups -OCH3 is 1. The summed E-state index contributed by atoms with van der Waals surface area (Å²) in [7, 11) is 1.59. The first-order valence-electron chi connectivity index (χ1n) is 6.90. The van der Waals surface area contributed by atoms with Crippen LogP contribution >= 0.6 is 23.8 Å².